The molecule has 1 fully saturated rings. The number of aryl methyl sites for hydroxylation is 2. The van der Waals surface area contributed by atoms with Crippen LogP contribution in [0.1, 0.15) is 50.4 Å². The SMILES string of the molecule is CCc1nn(C)c(CC(N)CCC2CCCCO2)c1Br. The van der Waals surface area contributed by atoms with Crippen LogP contribution in [0, 0.1) is 0 Å². The lowest BCUT2D eigenvalue weighted by Crippen LogP contribution is -2.27. The quantitative estimate of drug-likeness (QED) is 0.863. The Morgan fingerprint density at radius 1 is 1.50 bits per heavy atom. The van der Waals surface area contributed by atoms with Crippen LogP contribution in [0.3, 0.4) is 0 Å². The molecule has 0 amide bonds. The molecule has 2 rings (SSSR count). The Morgan fingerprint density at radius 2 is 2.30 bits per heavy atom. The van der Waals surface area contributed by atoms with E-state index in [-0.39, 0.29) is 6.04 Å². The summed E-state index contributed by atoms with van der Waals surface area (Å²) in [5.41, 5.74) is 8.62. The number of halogens is 1. The zero-order chi connectivity index (χ0) is 14.5. The van der Waals surface area contributed by atoms with Crippen molar-refractivity contribution >= 4 is 15.9 Å². The zero-order valence-electron chi connectivity index (χ0n) is 12.6. The number of nitrogens with zero attached hydrogens (tertiary/aromatic N) is 2. The molecule has 2 unspecified atom stereocenters. The van der Waals surface area contributed by atoms with Gasteiger partial charge in [0.05, 0.1) is 22.0 Å². The van der Waals surface area contributed by atoms with Crippen LogP contribution in [-0.4, -0.2) is 28.5 Å². The maximum absolute atomic E-state index is 6.29. The van der Waals surface area contributed by atoms with E-state index < -0.39 is 0 Å². The fraction of sp³-hybridized carbons (Fsp3) is 0.800. The zero-order valence-corrected chi connectivity index (χ0v) is 14.2. The highest BCUT2D eigenvalue weighted by molar-refractivity contribution is 9.10. The number of aromatic nitrogens is 2. The molecule has 1 aromatic rings. The van der Waals surface area contributed by atoms with E-state index in [2.05, 4.69) is 28.0 Å². The van der Waals surface area contributed by atoms with Crippen LogP contribution in [0.25, 0.3) is 0 Å². The first-order chi connectivity index (χ1) is 9.61. The van der Waals surface area contributed by atoms with Gasteiger partial charge >= 0.3 is 0 Å². The summed E-state index contributed by atoms with van der Waals surface area (Å²) >= 11 is 3.65. The molecule has 1 aromatic heterocycles. The Bertz CT molecular complexity index is 427. The number of nitrogens with two attached hydrogens (primary N) is 1. The molecule has 2 N–H and O–H groups in total. The van der Waals surface area contributed by atoms with Crippen molar-refractivity contribution in [3.05, 3.63) is 15.9 Å². The smallest absolute Gasteiger partial charge is 0.0766 e. The molecule has 114 valence electrons. The monoisotopic (exact) mass is 343 g/mol. The first-order valence-electron chi connectivity index (χ1n) is 7.69. The predicted molar refractivity (Wildman–Crippen MR) is 84.8 cm³/mol. The van der Waals surface area contributed by atoms with Crippen molar-refractivity contribution in [2.75, 3.05) is 6.61 Å². The second-order valence-corrected chi connectivity index (χ2v) is 6.51. The highest BCUT2D eigenvalue weighted by Crippen LogP contribution is 2.24. The average molecular weight is 344 g/mol. The van der Waals surface area contributed by atoms with E-state index in [1.54, 1.807) is 0 Å². The van der Waals surface area contributed by atoms with Crippen molar-refractivity contribution in [1.29, 1.82) is 0 Å². The van der Waals surface area contributed by atoms with Gasteiger partial charge in [-0.3, -0.25) is 4.68 Å². The van der Waals surface area contributed by atoms with Crippen LogP contribution in [0.2, 0.25) is 0 Å². The van der Waals surface area contributed by atoms with Gasteiger partial charge < -0.3 is 10.5 Å². The van der Waals surface area contributed by atoms with Crippen LogP contribution in [-0.2, 0) is 24.6 Å². The number of ether oxygens (including phenoxy) is 1. The van der Waals surface area contributed by atoms with Crippen molar-refractivity contribution in [2.45, 2.75) is 64.0 Å². The molecule has 0 aromatic carbocycles. The lowest BCUT2D eigenvalue weighted by atomic mass is 9.99. The Morgan fingerprint density at radius 3 is 2.90 bits per heavy atom. The van der Waals surface area contributed by atoms with E-state index >= 15 is 0 Å². The fourth-order valence-electron chi connectivity index (χ4n) is 2.83. The van der Waals surface area contributed by atoms with Gasteiger partial charge in [0.1, 0.15) is 0 Å². The topological polar surface area (TPSA) is 53.1 Å². The third kappa shape index (κ3) is 4.06. The van der Waals surface area contributed by atoms with E-state index in [9.17, 15) is 0 Å². The summed E-state index contributed by atoms with van der Waals surface area (Å²) in [5, 5.41) is 4.52. The molecule has 5 heteroatoms. The van der Waals surface area contributed by atoms with E-state index in [0.717, 1.165) is 42.5 Å². The van der Waals surface area contributed by atoms with E-state index in [1.165, 1.54) is 25.0 Å². The molecule has 0 spiro atoms. The maximum atomic E-state index is 6.29. The molecule has 0 bridgehead atoms. The van der Waals surface area contributed by atoms with Crippen molar-refractivity contribution < 1.29 is 4.74 Å². The van der Waals surface area contributed by atoms with Gasteiger partial charge in [0.15, 0.2) is 0 Å². The summed E-state index contributed by atoms with van der Waals surface area (Å²) in [6.07, 6.45) is 8.05. The molecule has 0 saturated carbocycles. The molecule has 4 nitrogen and oxygen atoms in total. The molecule has 20 heavy (non-hydrogen) atoms. The highest BCUT2D eigenvalue weighted by atomic mass is 79.9. The minimum Gasteiger partial charge on any atom is -0.378 e. The van der Waals surface area contributed by atoms with Gasteiger partial charge in [0.2, 0.25) is 0 Å². The Balaban J connectivity index is 1.84. The first-order valence-corrected chi connectivity index (χ1v) is 8.48. The Labute approximate surface area is 130 Å². The van der Waals surface area contributed by atoms with Crippen LogP contribution >= 0.6 is 15.9 Å². The molecular weight excluding hydrogens is 318 g/mol. The van der Waals surface area contributed by atoms with Crippen LogP contribution in [0.5, 0.6) is 0 Å². The van der Waals surface area contributed by atoms with E-state index in [0.29, 0.717) is 6.10 Å². The van der Waals surface area contributed by atoms with Crippen LogP contribution in [0.15, 0.2) is 4.47 Å². The summed E-state index contributed by atoms with van der Waals surface area (Å²) in [5.74, 6) is 0. The average Bonchev–Trinajstić information content (AvgIpc) is 2.73. The molecular formula is C15H26BrN3O. The summed E-state index contributed by atoms with van der Waals surface area (Å²) < 4.78 is 8.85. The van der Waals surface area contributed by atoms with E-state index in [4.69, 9.17) is 10.5 Å². The lowest BCUT2D eigenvalue weighted by molar-refractivity contribution is 0.00913. The van der Waals surface area contributed by atoms with Gasteiger partial charge in [-0.05, 0) is 54.5 Å². The van der Waals surface area contributed by atoms with E-state index in [1.807, 2.05) is 11.7 Å². The third-order valence-corrected chi connectivity index (χ3v) is 5.01. The predicted octanol–water partition coefficient (Wildman–Crippen LogP) is 2.96. The van der Waals surface area contributed by atoms with Gasteiger partial charge in [-0.2, -0.15) is 5.10 Å². The Hall–Kier alpha value is -0.390. The summed E-state index contributed by atoms with van der Waals surface area (Å²) in [7, 11) is 2.00. The second-order valence-electron chi connectivity index (χ2n) is 5.71. The molecule has 0 radical (unpaired) electrons. The summed E-state index contributed by atoms with van der Waals surface area (Å²) in [6, 6.07) is 0.178. The number of rotatable bonds is 6. The number of hydrogen-bond donors (Lipinski definition) is 1. The first kappa shape index (κ1) is 16.0. The summed E-state index contributed by atoms with van der Waals surface area (Å²) in [4.78, 5) is 0. The minimum atomic E-state index is 0.178. The fourth-order valence-corrected chi connectivity index (χ4v) is 3.61. The number of hydrogen-bond acceptors (Lipinski definition) is 3. The molecule has 1 aliphatic rings. The largest absolute Gasteiger partial charge is 0.378 e. The molecule has 1 aliphatic heterocycles. The van der Waals surface area contributed by atoms with Gasteiger partial charge in [-0.25, -0.2) is 0 Å². The van der Waals surface area contributed by atoms with Crippen LogP contribution in [0.4, 0.5) is 0 Å². The Kier molecular flexibility index (Phi) is 6.05. The second kappa shape index (κ2) is 7.57. The lowest BCUT2D eigenvalue weighted by Gasteiger charge is -2.23. The standard InChI is InChI=1S/C15H26BrN3O/c1-3-13-15(16)14(19(2)18-13)10-11(17)7-8-12-6-4-5-9-20-12/h11-12H,3-10,17H2,1-2H3. The van der Waals surface area contributed by atoms with Gasteiger partial charge in [-0.15, -0.1) is 0 Å². The van der Waals surface area contributed by atoms with Crippen molar-refractivity contribution in [2.24, 2.45) is 12.8 Å². The minimum absolute atomic E-state index is 0.178. The molecule has 1 saturated heterocycles. The van der Waals surface area contributed by atoms with Crippen molar-refractivity contribution in [3.63, 3.8) is 0 Å². The molecule has 2 atom stereocenters. The van der Waals surface area contributed by atoms with Crippen molar-refractivity contribution in [1.82, 2.24) is 9.78 Å². The highest BCUT2D eigenvalue weighted by Gasteiger charge is 2.18. The third-order valence-electron chi connectivity index (χ3n) is 4.09. The normalized spacial score (nSPS) is 21.1. The molecule has 2 heterocycles. The maximum Gasteiger partial charge on any atom is 0.0766 e. The van der Waals surface area contributed by atoms with Gasteiger partial charge in [-0.1, -0.05) is 6.92 Å². The summed E-state index contributed by atoms with van der Waals surface area (Å²) in [6.45, 7) is 3.05. The van der Waals surface area contributed by atoms with Gasteiger partial charge in [0, 0.05) is 26.1 Å². The van der Waals surface area contributed by atoms with Crippen LogP contribution < -0.4 is 5.73 Å². The van der Waals surface area contributed by atoms with Crippen molar-refractivity contribution in [3.8, 4) is 0 Å². The molecule has 0 aliphatic carbocycles. The van der Waals surface area contributed by atoms with Gasteiger partial charge in [0.25, 0.3) is 0 Å².